The number of benzene rings is 2. The van der Waals surface area contributed by atoms with Crippen LogP contribution in [0.4, 0.5) is 0 Å². The average molecular weight is 392 g/mol. The molecule has 3 nitrogen and oxygen atoms in total. The molecule has 2 atom stereocenters. The van der Waals surface area contributed by atoms with Gasteiger partial charge in [0, 0.05) is 10.6 Å². The Labute approximate surface area is 161 Å². The van der Waals surface area contributed by atoms with Crippen molar-refractivity contribution in [2.45, 2.75) is 56.0 Å². The predicted molar refractivity (Wildman–Crippen MR) is 107 cm³/mol. The van der Waals surface area contributed by atoms with E-state index < -0.39 is 15.4 Å². The second-order valence-corrected chi connectivity index (χ2v) is 9.56. The first kappa shape index (κ1) is 19.4. The fourth-order valence-corrected chi connectivity index (χ4v) is 6.10. The Morgan fingerprint density at radius 3 is 2.46 bits per heavy atom. The van der Waals surface area contributed by atoms with E-state index in [0.717, 1.165) is 36.8 Å². The van der Waals surface area contributed by atoms with Gasteiger partial charge >= 0.3 is 0 Å². The summed E-state index contributed by atoms with van der Waals surface area (Å²) in [5.41, 5.74) is 1.42. The monoisotopic (exact) mass is 391 g/mol. The predicted octanol–water partition coefficient (Wildman–Crippen LogP) is 5.15. The summed E-state index contributed by atoms with van der Waals surface area (Å²) >= 11 is 6.06. The van der Waals surface area contributed by atoms with E-state index in [9.17, 15) is 8.42 Å². The molecule has 140 valence electrons. The van der Waals surface area contributed by atoms with Gasteiger partial charge in [0.05, 0.1) is 16.7 Å². The summed E-state index contributed by atoms with van der Waals surface area (Å²) in [4.78, 5) is 0.444. The van der Waals surface area contributed by atoms with E-state index in [1.807, 2.05) is 36.4 Å². The maximum Gasteiger partial charge on any atom is 0.180 e. The van der Waals surface area contributed by atoms with Gasteiger partial charge in [0.1, 0.15) is 0 Å². The minimum Gasteiger partial charge on any atom is -0.300 e. The molecular weight excluding hydrogens is 366 g/mol. The summed E-state index contributed by atoms with van der Waals surface area (Å²) < 4.78 is 26.4. The third-order valence-corrected chi connectivity index (χ3v) is 7.60. The lowest BCUT2D eigenvalue weighted by Gasteiger charge is -2.36. The van der Waals surface area contributed by atoms with Crippen LogP contribution < -0.4 is 5.32 Å². The molecule has 0 amide bonds. The third kappa shape index (κ3) is 3.83. The van der Waals surface area contributed by atoms with Gasteiger partial charge in [-0.05, 0) is 42.2 Å². The van der Waals surface area contributed by atoms with E-state index in [0.29, 0.717) is 9.92 Å². The van der Waals surface area contributed by atoms with E-state index in [4.69, 9.17) is 11.6 Å². The normalized spacial score (nSPS) is 24.7. The van der Waals surface area contributed by atoms with E-state index in [2.05, 4.69) is 19.2 Å². The Bertz CT molecular complexity index is 864. The summed E-state index contributed by atoms with van der Waals surface area (Å²) in [5.74, 6) is 0.137. The van der Waals surface area contributed by atoms with Crippen LogP contribution >= 0.6 is 11.6 Å². The van der Waals surface area contributed by atoms with Crippen LogP contribution in [0.3, 0.4) is 0 Å². The zero-order chi connectivity index (χ0) is 18.8. The minimum atomic E-state index is -3.37. The highest BCUT2D eigenvalue weighted by atomic mass is 35.5. The number of hydrogen-bond acceptors (Lipinski definition) is 3. The van der Waals surface area contributed by atoms with Gasteiger partial charge in [0.25, 0.3) is 0 Å². The van der Waals surface area contributed by atoms with Crippen molar-refractivity contribution in [1.29, 1.82) is 0 Å². The molecule has 0 bridgehead atoms. The third-order valence-electron chi connectivity index (χ3n) is 5.37. The zero-order valence-electron chi connectivity index (χ0n) is 15.3. The highest BCUT2D eigenvalue weighted by Crippen LogP contribution is 2.38. The summed E-state index contributed by atoms with van der Waals surface area (Å²) in [7, 11) is -3.37. The number of sulfone groups is 1. The lowest BCUT2D eigenvalue weighted by molar-refractivity contribution is 0.295. The molecule has 0 saturated heterocycles. The molecule has 1 aliphatic rings. The Balaban J connectivity index is 2.17. The van der Waals surface area contributed by atoms with Gasteiger partial charge in [-0.25, -0.2) is 8.42 Å². The van der Waals surface area contributed by atoms with Crippen molar-refractivity contribution in [3.63, 3.8) is 0 Å². The highest BCUT2D eigenvalue weighted by molar-refractivity contribution is 7.91. The van der Waals surface area contributed by atoms with Crippen molar-refractivity contribution in [3.8, 4) is 0 Å². The topological polar surface area (TPSA) is 46.2 Å². The summed E-state index contributed by atoms with van der Waals surface area (Å²) in [6, 6.07) is 14.9. The van der Waals surface area contributed by atoms with Crippen LogP contribution in [0.1, 0.15) is 56.7 Å². The number of fused-ring (bicyclic) bond motifs is 1. The first-order valence-corrected chi connectivity index (χ1v) is 11.3. The van der Waals surface area contributed by atoms with E-state index in [1.54, 1.807) is 12.1 Å². The largest absolute Gasteiger partial charge is 0.300 e. The molecule has 0 saturated carbocycles. The molecule has 2 aromatic rings. The van der Waals surface area contributed by atoms with Crippen LogP contribution in [0, 0.1) is 0 Å². The maximum atomic E-state index is 13.2. The lowest BCUT2D eigenvalue weighted by atomic mass is 9.88. The molecule has 0 fully saturated rings. The zero-order valence-corrected chi connectivity index (χ0v) is 16.9. The Morgan fingerprint density at radius 1 is 1.12 bits per heavy atom. The molecule has 2 aromatic carbocycles. The van der Waals surface area contributed by atoms with Crippen molar-refractivity contribution in [1.82, 2.24) is 5.32 Å². The summed E-state index contributed by atoms with van der Waals surface area (Å²) in [6.07, 6.45) is 3.66. The van der Waals surface area contributed by atoms with Crippen LogP contribution in [0.15, 0.2) is 53.4 Å². The fraction of sp³-hybridized carbons (Fsp3) is 0.429. The summed E-state index contributed by atoms with van der Waals surface area (Å²) in [5, 5.41) is 4.42. The van der Waals surface area contributed by atoms with Gasteiger partial charge in [0.2, 0.25) is 0 Å². The van der Waals surface area contributed by atoms with Crippen molar-refractivity contribution < 1.29 is 8.42 Å². The smallest absolute Gasteiger partial charge is 0.180 e. The van der Waals surface area contributed by atoms with Gasteiger partial charge < -0.3 is 0 Å². The molecule has 1 N–H and O–H groups in total. The van der Waals surface area contributed by atoms with Gasteiger partial charge in [-0.3, -0.25) is 5.32 Å². The number of hydrogen-bond donors (Lipinski definition) is 1. The molecule has 0 spiro atoms. The number of nitrogens with one attached hydrogen (secondary N) is 1. The molecule has 0 unspecified atom stereocenters. The van der Waals surface area contributed by atoms with Crippen LogP contribution in [0.2, 0.25) is 5.02 Å². The fourth-order valence-electron chi connectivity index (χ4n) is 3.83. The van der Waals surface area contributed by atoms with Crippen LogP contribution in [0.25, 0.3) is 0 Å². The van der Waals surface area contributed by atoms with Crippen molar-refractivity contribution in [2.75, 3.05) is 5.75 Å². The van der Waals surface area contributed by atoms with Crippen molar-refractivity contribution >= 4 is 21.4 Å². The van der Waals surface area contributed by atoms with E-state index in [-0.39, 0.29) is 11.8 Å². The number of rotatable bonds is 5. The molecule has 5 heteroatoms. The molecule has 26 heavy (non-hydrogen) atoms. The molecule has 0 aliphatic carbocycles. The van der Waals surface area contributed by atoms with E-state index >= 15 is 0 Å². The number of unbranched alkanes of at least 4 members (excludes halogenated alkanes) is 1. The average Bonchev–Trinajstić information content (AvgIpc) is 2.74. The van der Waals surface area contributed by atoms with Gasteiger partial charge in [-0.1, -0.05) is 68.6 Å². The van der Waals surface area contributed by atoms with E-state index in [1.165, 1.54) is 0 Å². The highest BCUT2D eigenvalue weighted by Gasteiger charge is 2.41. The molecule has 3 rings (SSSR count). The second-order valence-electron chi connectivity index (χ2n) is 7.16. The molecule has 1 aliphatic heterocycles. The Hall–Kier alpha value is -1.36. The SMILES string of the molecule is CCCC[C@@]1(CC)CS(=O)(=O)c2ccccc2[C@H](c2ccc(Cl)cc2)N1. The van der Waals surface area contributed by atoms with Gasteiger partial charge in [-0.15, -0.1) is 0 Å². The van der Waals surface area contributed by atoms with Crippen LogP contribution in [-0.2, 0) is 9.84 Å². The summed E-state index contributed by atoms with van der Waals surface area (Å²) in [6.45, 7) is 4.22. The van der Waals surface area contributed by atoms with Crippen molar-refractivity contribution in [3.05, 3.63) is 64.7 Å². The second kappa shape index (κ2) is 7.71. The first-order valence-electron chi connectivity index (χ1n) is 9.25. The first-order chi connectivity index (χ1) is 12.4. The standard InChI is InChI=1S/C21H26ClNO2S/c1-3-5-14-21(4-2)15-26(24,25)19-9-7-6-8-18(19)20(23-21)16-10-12-17(22)13-11-16/h6-13,20,23H,3-5,14-15H2,1-2H3/t20-,21-/m0/s1. The number of halogens is 1. The van der Waals surface area contributed by atoms with Crippen LogP contribution in [0.5, 0.6) is 0 Å². The maximum absolute atomic E-state index is 13.2. The molecule has 1 heterocycles. The molecular formula is C21H26ClNO2S. The molecule has 0 aromatic heterocycles. The lowest BCUT2D eigenvalue weighted by Crippen LogP contribution is -2.50. The Kier molecular flexibility index (Phi) is 5.75. The minimum absolute atomic E-state index is 0.137. The molecule has 0 radical (unpaired) electrons. The quantitative estimate of drug-likeness (QED) is 0.767. The van der Waals surface area contributed by atoms with Crippen LogP contribution in [-0.4, -0.2) is 19.7 Å². The van der Waals surface area contributed by atoms with Gasteiger partial charge in [0.15, 0.2) is 9.84 Å². The Morgan fingerprint density at radius 2 is 1.81 bits per heavy atom. The van der Waals surface area contributed by atoms with Gasteiger partial charge in [-0.2, -0.15) is 0 Å². The van der Waals surface area contributed by atoms with Crippen molar-refractivity contribution in [2.24, 2.45) is 0 Å².